The summed E-state index contributed by atoms with van der Waals surface area (Å²) in [6.07, 6.45) is 0. The lowest BCUT2D eigenvalue weighted by molar-refractivity contribution is 0.248. The van der Waals surface area contributed by atoms with E-state index >= 15 is 0 Å². The fourth-order valence-corrected chi connectivity index (χ4v) is 3.03. The van der Waals surface area contributed by atoms with Gasteiger partial charge in [-0.1, -0.05) is 48.0 Å². The van der Waals surface area contributed by atoms with Gasteiger partial charge in [-0.2, -0.15) is 0 Å². The van der Waals surface area contributed by atoms with Gasteiger partial charge in [0.05, 0.1) is 12.2 Å². The number of benzene rings is 2. The Morgan fingerprint density at radius 2 is 1.92 bits per heavy atom. The van der Waals surface area contributed by atoms with Crippen LogP contribution in [0.15, 0.2) is 66.7 Å². The second-order valence-electron chi connectivity index (χ2n) is 5.83. The van der Waals surface area contributed by atoms with Gasteiger partial charge in [-0.15, -0.1) is 0 Å². The molecule has 1 aliphatic heterocycles. The van der Waals surface area contributed by atoms with Crippen LogP contribution in [-0.2, 0) is 0 Å². The van der Waals surface area contributed by atoms with Crippen molar-refractivity contribution in [2.24, 2.45) is 0 Å². The molecule has 1 aromatic heterocycles. The first-order chi connectivity index (χ1) is 12.7. The Bertz CT molecular complexity index is 947. The number of ether oxygens (including phenoxy) is 1. The highest BCUT2D eigenvalue weighted by Crippen LogP contribution is 2.33. The van der Waals surface area contributed by atoms with Crippen LogP contribution < -0.4 is 15.0 Å². The van der Waals surface area contributed by atoms with Crippen LogP contribution in [0.4, 0.5) is 16.2 Å². The minimum atomic E-state index is -0.244. The average molecular weight is 366 g/mol. The van der Waals surface area contributed by atoms with E-state index in [-0.39, 0.29) is 6.03 Å². The van der Waals surface area contributed by atoms with Crippen LogP contribution in [0.2, 0.25) is 5.02 Å². The van der Waals surface area contributed by atoms with Crippen LogP contribution in [0.1, 0.15) is 0 Å². The number of fused-ring (bicyclic) bond motifs is 1. The maximum Gasteiger partial charge on any atom is 0.326 e. The van der Waals surface area contributed by atoms with Crippen LogP contribution in [0.3, 0.4) is 0 Å². The number of nitrogens with zero attached hydrogens (tertiary/aromatic N) is 2. The van der Waals surface area contributed by atoms with Gasteiger partial charge in [0.1, 0.15) is 12.3 Å². The molecule has 0 aliphatic carbocycles. The van der Waals surface area contributed by atoms with Gasteiger partial charge in [0, 0.05) is 16.3 Å². The molecule has 2 heterocycles. The van der Waals surface area contributed by atoms with Crippen molar-refractivity contribution in [3.8, 4) is 17.1 Å². The molecular weight excluding hydrogens is 350 g/mol. The molecule has 0 saturated carbocycles. The molecule has 0 saturated heterocycles. The monoisotopic (exact) mass is 365 g/mol. The lowest BCUT2D eigenvalue weighted by Crippen LogP contribution is -2.41. The number of carbonyl (C=O) groups excluding carboxylic acids is 1. The maximum absolute atomic E-state index is 12.7. The standard InChI is InChI=1S/C20H16ClN3O2/c21-15-7-4-8-16(13-15)22-20(25)24-11-12-26-19-18(24)10-9-17(23-19)14-5-2-1-3-6-14/h1-10,13H,11-12H2,(H,22,25). The minimum Gasteiger partial charge on any atom is -0.474 e. The van der Waals surface area contributed by atoms with Gasteiger partial charge in [-0.3, -0.25) is 4.90 Å². The Kier molecular flexibility index (Phi) is 4.46. The van der Waals surface area contributed by atoms with Crippen molar-refractivity contribution in [1.29, 1.82) is 0 Å². The van der Waals surface area contributed by atoms with E-state index in [4.69, 9.17) is 16.3 Å². The Morgan fingerprint density at radius 1 is 1.08 bits per heavy atom. The smallest absolute Gasteiger partial charge is 0.326 e. The third-order valence-corrected chi connectivity index (χ3v) is 4.31. The molecule has 1 aliphatic rings. The van der Waals surface area contributed by atoms with Crippen molar-refractivity contribution < 1.29 is 9.53 Å². The molecular formula is C20H16ClN3O2. The first-order valence-electron chi connectivity index (χ1n) is 8.24. The zero-order chi connectivity index (χ0) is 17.9. The van der Waals surface area contributed by atoms with E-state index in [0.29, 0.717) is 35.4 Å². The van der Waals surface area contributed by atoms with Gasteiger partial charge in [-0.25, -0.2) is 9.78 Å². The van der Waals surface area contributed by atoms with Crippen molar-refractivity contribution in [3.63, 3.8) is 0 Å². The highest BCUT2D eigenvalue weighted by Gasteiger charge is 2.25. The number of pyridine rings is 1. The number of rotatable bonds is 2. The highest BCUT2D eigenvalue weighted by atomic mass is 35.5. The van der Waals surface area contributed by atoms with E-state index in [2.05, 4.69) is 10.3 Å². The quantitative estimate of drug-likeness (QED) is 0.707. The zero-order valence-electron chi connectivity index (χ0n) is 13.9. The second kappa shape index (κ2) is 7.06. The zero-order valence-corrected chi connectivity index (χ0v) is 14.6. The molecule has 0 bridgehead atoms. The van der Waals surface area contributed by atoms with Crippen molar-refractivity contribution in [2.45, 2.75) is 0 Å². The lowest BCUT2D eigenvalue weighted by atomic mass is 10.1. The minimum absolute atomic E-state index is 0.244. The van der Waals surface area contributed by atoms with Crippen LogP contribution in [0.5, 0.6) is 5.88 Å². The van der Waals surface area contributed by atoms with Crippen molar-refractivity contribution in [2.75, 3.05) is 23.4 Å². The Balaban J connectivity index is 1.60. The maximum atomic E-state index is 12.7. The van der Waals surface area contributed by atoms with Crippen molar-refractivity contribution in [1.82, 2.24) is 4.98 Å². The molecule has 2 aromatic carbocycles. The number of halogens is 1. The number of carbonyl (C=O) groups is 1. The molecule has 5 nitrogen and oxygen atoms in total. The number of aromatic nitrogens is 1. The van der Waals surface area contributed by atoms with E-state index in [9.17, 15) is 4.79 Å². The molecule has 26 heavy (non-hydrogen) atoms. The molecule has 0 atom stereocenters. The Morgan fingerprint density at radius 3 is 2.73 bits per heavy atom. The predicted octanol–water partition coefficient (Wildman–Crippen LogP) is 4.83. The first-order valence-corrected chi connectivity index (χ1v) is 8.62. The molecule has 1 N–H and O–H groups in total. The van der Waals surface area contributed by atoms with E-state index in [0.717, 1.165) is 11.3 Å². The third-order valence-electron chi connectivity index (χ3n) is 4.08. The molecule has 6 heteroatoms. The van der Waals surface area contributed by atoms with Gasteiger partial charge < -0.3 is 10.1 Å². The van der Waals surface area contributed by atoms with Gasteiger partial charge in [0.25, 0.3) is 0 Å². The van der Waals surface area contributed by atoms with Crippen LogP contribution in [0, 0.1) is 0 Å². The Labute approximate surface area is 156 Å². The van der Waals surface area contributed by atoms with Crippen LogP contribution >= 0.6 is 11.6 Å². The SMILES string of the molecule is O=C(Nc1cccc(Cl)c1)N1CCOc2nc(-c3ccccc3)ccc21. The van der Waals surface area contributed by atoms with E-state index in [1.165, 1.54) is 0 Å². The summed E-state index contributed by atoms with van der Waals surface area (Å²) >= 11 is 5.98. The summed E-state index contributed by atoms with van der Waals surface area (Å²) in [5.41, 5.74) is 3.10. The van der Waals surface area contributed by atoms with Gasteiger partial charge in [0.15, 0.2) is 0 Å². The highest BCUT2D eigenvalue weighted by molar-refractivity contribution is 6.30. The van der Waals surface area contributed by atoms with Crippen LogP contribution in [-0.4, -0.2) is 24.2 Å². The topological polar surface area (TPSA) is 54.5 Å². The summed E-state index contributed by atoms with van der Waals surface area (Å²) < 4.78 is 5.68. The number of nitrogens with one attached hydrogen (secondary N) is 1. The van der Waals surface area contributed by atoms with Gasteiger partial charge >= 0.3 is 6.03 Å². The summed E-state index contributed by atoms with van der Waals surface area (Å²) in [7, 11) is 0. The van der Waals surface area contributed by atoms with Gasteiger partial charge in [-0.05, 0) is 30.3 Å². The summed E-state index contributed by atoms with van der Waals surface area (Å²) in [6, 6.07) is 20.4. The van der Waals surface area contributed by atoms with Crippen LogP contribution in [0.25, 0.3) is 11.3 Å². The first kappa shape index (κ1) is 16.4. The normalized spacial score (nSPS) is 12.9. The predicted molar refractivity (Wildman–Crippen MR) is 103 cm³/mol. The largest absolute Gasteiger partial charge is 0.474 e. The molecule has 0 fully saturated rings. The average Bonchev–Trinajstić information content (AvgIpc) is 2.68. The summed E-state index contributed by atoms with van der Waals surface area (Å²) in [6.45, 7) is 0.840. The number of amides is 2. The van der Waals surface area contributed by atoms with Gasteiger partial charge in [0.2, 0.25) is 5.88 Å². The molecule has 0 unspecified atom stereocenters. The fraction of sp³-hybridized carbons (Fsp3) is 0.100. The number of anilines is 2. The second-order valence-corrected chi connectivity index (χ2v) is 6.26. The molecule has 0 spiro atoms. The van der Waals surface area contributed by atoms with E-state index in [1.807, 2.05) is 42.5 Å². The van der Waals surface area contributed by atoms with Crippen molar-refractivity contribution in [3.05, 3.63) is 71.8 Å². The summed E-state index contributed by atoms with van der Waals surface area (Å²) in [4.78, 5) is 18.9. The molecule has 130 valence electrons. The van der Waals surface area contributed by atoms with E-state index in [1.54, 1.807) is 29.2 Å². The lowest BCUT2D eigenvalue weighted by Gasteiger charge is -2.29. The molecule has 2 amide bonds. The Hall–Kier alpha value is -3.05. The van der Waals surface area contributed by atoms with Crippen molar-refractivity contribution >= 4 is 29.0 Å². The molecule has 3 aromatic rings. The molecule has 0 radical (unpaired) electrons. The number of hydrogen-bond donors (Lipinski definition) is 1. The molecule has 4 rings (SSSR count). The number of urea groups is 1. The van der Waals surface area contributed by atoms with E-state index < -0.39 is 0 Å². The number of hydrogen-bond acceptors (Lipinski definition) is 3. The fourth-order valence-electron chi connectivity index (χ4n) is 2.84. The summed E-state index contributed by atoms with van der Waals surface area (Å²) in [5, 5.41) is 3.43. The third kappa shape index (κ3) is 3.34. The summed E-state index contributed by atoms with van der Waals surface area (Å²) in [5.74, 6) is 0.457.